The molecule has 110 valence electrons. The summed E-state index contributed by atoms with van der Waals surface area (Å²) >= 11 is 0. The first kappa shape index (κ1) is 13.7. The van der Waals surface area contributed by atoms with Crippen LogP contribution in [0.15, 0.2) is 0 Å². The maximum Gasteiger partial charge on any atom is 0.401 e. The molecule has 1 heterocycles. The lowest BCUT2D eigenvalue weighted by Gasteiger charge is -2.52. The lowest BCUT2D eigenvalue weighted by atomic mass is 9.78. The van der Waals surface area contributed by atoms with Gasteiger partial charge in [0.25, 0.3) is 0 Å². The highest BCUT2D eigenvalue weighted by atomic mass is 19.4. The van der Waals surface area contributed by atoms with E-state index in [0.717, 1.165) is 32.2 Å². The topological polar surface area (TPSA) is 15.3 Å². The Morgan fingerprint density at radius 1 is 1.11 bits per heavy atom. The van der Waals surface area contributed by atoms with E-state index >= 15 is 0 Å². The molecule has 2 aliphatic carbocycles. The van der Waals surface area contributed by atoms with E-state index in [4.69, 9.17) is 0 Å². The average Bonchev–Trinajstić information content (AvgIpc) is 3.16. The number of rotatable bonds is 2. The van der Waals surface area contributed by atoms with Crippen molar-refractivity contribution in [2.24, 2.45) is 5.92 Å². The third-order valence-electron chi connectivity index (χ3n) is 5.13. The second-order valence-electron chi connectivity index (χ2n) is 6.61. The minimum atomic E-state index is -4.07. The molecule has 19 heavy (non-hydrogen) atoms. The maximum atomic E-state index is 12.9. The smallest absolute Gasteiger partial charge is 0.311 e. The monoisotopic (exact) mass is 276 g/mol. The summed E-state index contributed by atoms with van der Waals surface area (Å²) in [6.07, 6.45) is 3.47. The Morgan fingerprint density at radius 2 is 1.79 bits per heavy atom. The number of nitrogens with one attached hydrogen (secondary N) is 1. The molecule has 0 aromatic carbocycles. The lowest BCUT2D eigenvalue weighted by molar-refractivity contribution is -0.168. The van der Waals surface area contributed by atoms with Crippen molar-refractivity contribution >= 4 is 0 Å². The minimum Gasteiger partial charge on any atom is -0.311 e. The van der Waals surface area contributed by atoms with Gasteiger partial charge < -0.3 is 5.32 Å². The van der Waals surface area contributed by atoms with Crippen molar-refractivity contribution in [3.63, 3.8) is 0 Å². The molecule has 2 nitrogen and oxygen atoms in total. The van der Waals surface area contributed by atoms with Crippen LogP contribution in [-0.4, -0.2) is 42.3 Å². The molecule has 1 N–H and O–H groups in total. The first-order valence-corrected chi connectivity index (χ1v) is 7.54. The van der Waals surface area contributed by atoms with Gasteiger partial charge in [-0.15, -0.1) is 0 Å². The largest absolute Gasteiger partial charge is 0.401 e. The molecule has 0 amide bonds. The molecule has 3 aliphatic rings. The van der Waals surface area contributed by atoms with Crippen LogP contribution in [0, 0.1) is 5.92 Å². The number of halogens is 3. The fraction of sp³-hybridized carbons (Fsp3) is 1.00. The summed E-state index contributed by atoms with van der Waals surface area (Å²) in [7, 11) is 0. The Balaban J connectivity index is 1.73. The molecule has 1 saturated heterocycles. The number of alkyl halides is 3. The van der Waals surface area contributed by atoms with E-state index in [2.05, 4.69) is 5.32 Å². The first-order chi connectivity index (χ1) is 8.99. The Hall–Kier alpha value is -0.290. The molecule has 1 atom stereocenters. The molecular weight excluding hydrogens is 253 g/mol. The summed E-state index contributed by atoms with van der Waals surface area (Å²) in [6.45, 7) is 0.617. The molecule has 3 fully saturated rings. The van der Waals surface area contributed by atoms with Crippen LogP contribution in [-0.2, 0) is 0 Å². The SMILES string of the molecule is FC(F)(F)CN1CC(C2CC2)NCC12CCCCC2. The summed E-state index contributed by atoms with van der Waals surface area (Å²) in [5.74, 6) is 0.622. The molecule has 5 heteroatoms. The zero-order valence-electron chi connectivity index (χ0n) is 11.3. The van der Waals surface area contributed by atoms with E-state index in [0.29, 0.717) is 12.5 Å². The van der Waals surface area contributed by atoms with E-state index in [9.17, 15) is 13.2 Å². The lowest BCUT2D eigenvalue weighted by Crippen LogP contribution is -2.67. The van der Waals surface area contributed by atoms with Gasteiger partial charge in [-0.3, -0.25) is 4.90 Å². The van der Waals surface area contributed by atoms with Crippen LogP contribution in [0.1, 0.15) is 44.9 Å². The third kappa shape index (κ3) is 3.07. The fourth-order valence-corrected chi connectivity index (χ4v) is 3.89. The zero-order valence-corrected chi connectivity index (χ0v) is 11.3. The van der Waals surface area contributed by atoms with Crippen molar-refractivity contribution < 1.29 is 13.2 Å². The van der Waals surface area contributed by atoms with Crippen molar-refractivity contribution in [1.82, 2.24) is 10.2 Å². The second-order valence-corrected chi connectivity index (χ2v) is 6.61. The van der Waals surface area contributed by atoms with E-state index in [1.165, 1.54) is 19.3 Å². The van der Waals surface area contributed by atoms with E-state index < -0.39 is 12.7 Å². The number of hydrogen-bond donors (Lipinski definition) is 1. The van der Waals surface area contributed by atoms with Gasteiger partial charge in [0.2, 0.25) is 0 Å². The maximum absolute atomic E-state index is 12.9. The van der Waals surface area contributed by atoms with Gasteiger partial charge in [-0.1, -0.05) is 19.3 Å². The van der Waals surface area contributed by atoms with Crippen molar-refractivity contribution in [3.05, 3.63) is 0 Å². The van der Waals surface area contributed by atoms with Crippen molar-refractivity contribution in [1.29, 1.82) is 0 Å². The van der Waals surface area contributed by atoms with Gasteiger partial charge in [-0.05, 0) is 31.6 Å². The van der Waals surface area contributed by atoms with Gasteiger partial charge >= 0.3 is 6.18 Å². The molecule has 0 radical (unpaired) electrons. The van der Waals surface area contributed by atoms with Gasteiger partial charge in [-0.25, -0.2) is 0 Å². The van der Waals surface area contributed by atoms with Gasteiger partial charge in [0.1, 0.15) is 0 Å². The molecule has 0 aromatic rings. The van der Waals surface area contributed by atoms with Gasteiger partial charge in [0.15, 0.2) is 0 Å². The highest BCUT2D eigenvalue weighted by Crippen LogP contribution is 2.41. The van der Waals surface area contributed by atoms with Crippen LogP contribution >= 0.6 is 0 Å². The van der Waals surface area contributed by atoms with E-state index in [1.54, 1.807) is 4.90 Å². The first-order valence-electron chi connectivity index (χ1n) is 7.54. The summed E-state index contributed by atoms with van der Waals surface area (Å²) in [5.41, 5.74) is -0.223. The van der Waals surface area contributed by atoms with Crippen LogP contribution in [0.2, 0.25) is 0 Å². The standard InChI is InChI=1S/C14H23F3N2/c15-14(16,17)10-19-8-12(11-4-5-11)18-9-13(19)6-2-1-3-7-13/h11-12,18H,1-10H2. The van der Waals surface area contributed by atoms with Gasteiger partial charge in [0.05, 0.1) is 6.54 Å². The summed E-state index contributed by atoms with van der Waals surface area (Å²) in [4.78, 5) is 1.77. The zero-order chi connectivity index (χ0) is 13.5. The molecule has 0 bridgehead atoms. The number of hydrogen-bond acceptors (Lipinski definition) is 2. The Kier molecular flexibility index (Phi) is 3.54. The molecule has 3 rings (SSSR count). The van der Waals surface area contributed by atoms with Crippen LogP contribution in [0.5, 0.6) is 0 Å². The Morgan fingerprint density at radius 3 is 2.37 bits per heavy atom. The van der Waals surface area contributed by atoms with Crippen LogP contribution < -0.4 is 5.32 Å². The molecule has 1 spiro atoms. The normalized spacial score (nSPS) is 32.7. The quantitative estimate of drug-likeness (QED) is 0.834. The van der Waals surface area contributed by atoms with Gasteiger partial charge in [-0.2, -0.15) is 13.2 Å². The van der Waals surface area contributed by atoms with E-state index in [-0.39, 0.29) is 11.6 Å². The summed E-state index contributed by atoms with van der Waals surface area (Å²) in [5, 5.41) is 3.55. The molecular formula is C14H23F3N2. The summed E-state index contributed by atoms with van der Waals surface area (Å²) in [6, 6.07) is 0.287. The molecule has 2 saturated carbocycles. The predicted molar refractivity (Wildman–Crippen MR) is 68.0 cm³/mol. The Labute approximate surface area is 112 Å². The highest BCUT2D eigenvalue weighted by Gasteiger charge is 2.48. The van der Waals surface area contributed by atoms with Crippen molar-refractivity contribution in [2.45, 2.75) is 62.7 Å². The third-order valence-corrected chi connectivity index (χ3v) is 5.13. The van der Waals surface area contributed by atoms with Crippen LogP contribution in [0.3, 0.4) is 0 Å². The average molecular weight is 276 g/mol. The highest BCUT2D eigenvalue weighted by molar-refractivity contribution is 5.03. The van der Waals surface area contributed by atoms with E-state index in [1.807, 2.05) is 0 Å². The Bertz CT molecular complexity index is 319. The fourth-order valence-electron chi connectivity index (χ4n) is 3.89. The van der Waals surface area contributed by atoms with Crippen LogP contribution in [0.25, 0.3) is 0 Å². The van der Waals surface area contributed by atoms with Crippen molar-refractivity contribution in [3.8, 4) is 0 Å². The second kappa shape index (κ2) is 4.92. The van der Waals surface area contributed by atoms with Crippen molar-refractivity contribution in [2.75, 3.05) is 19.6 Å². The van der Waals surface area contributed by atoms with Crippen LogP contribution in [0.4, 0.5) is 13.2 Å². The number of nitrogens with zero attached hydrogens (tertiary/aromatic N) is 1. The molecule has 1 unspecified atom stereocenters. The van der Waals surface area contributed by atoms with Gasteiger partial charge in [0, 0.05) is 24.7 Å². The number of piperazine rings is 1. The molecule has 1 aliphatic heterocycles. The summed E-state index contributed by atoms with van der Waals surface area (Å²) < 4.78 is 38.6. The minimum absolute atomic E-state index is 0.223. The molecule has 0 aromatic heterocycles. The predicted octanol–water partition coefficient (Wildman–Crippen LogP) is 2.94.